The molecule has 0 heterocycles. The molecule has 0 bridgehead atoms. The third-order valence-corrected chi connectivity index (χ3v) is 3.91. The van der Waals surface area contributed by atoms with Crippen LogP contribution in [0.5, 0.6) is 0 Å². The van der Waals surface area contributed by atoms with Crippen molar-refractivity contribution in [1.29, 1.82) is 0 Å². The zero-order chi connectivity index (χ0) is 13.7. The van der Waals surface area contributed by atoms with Gasteiger partial charge in [0, 0.05) is 12.8 Å². The van der Waals surface area contributed by atoms with Gasteiger partial charge in [-0.2, -0.15) is 0 Å². The van der Waals surface area contributed by atoms with Crippen LogP contribution in [-0.2, 0) is 9.59 Å². The van der Waals surface area contributed by atoms with E-state index in [2.05, 4.69) is 19.1 Å². The number of rotatable bonds is 4. The quantitative estimate of drug-likeness (QED) is 0.716. The van der Waals surface area contributed by atoms with E-state index in [0.29, 0.717) is 18.8 Å². The summed E-state index contributed by atoms with van der Waals surface area (Å²) < 4.78 is 0. The van der Waals surface area contributed by atoms with Crippen LogP contribution in [0.1, 0.15) is 51.9 Å². The van der Waals surface area contributed by atoms with Crippen LogP contribution in [0.4, 0.5) is 0 Å². The highest BCUT2D eigenvalue weighted by Crippen LogP contribution is 2.24. The molecule has 0 aromatic carbocycles. The second kappa shape index (κ2) is 6.65. The summed E-state index contributed by atoms with van der Waals surface area (Å²) in [6, 6.07) is 0. The molecule has 0 aliphatic heterocycles. The van der Waals surface area contributed by atoms with E-state index < -0.39 is 0 Å². The van der Waals surface area contributed by atoms with E-state index in [9.17, 15) is 9.59 Å². The number of carbonyl (C=O) groups excluding carboxylic acids is 2. The number of hydrogen-bond acceptors (Lipinski definition) is 2. The normalized spacial score (nSPS) is 22.4. The van der Waals surface area contributed by atoms with Gasteiger partial charge in [0.2, 0.25) is 0 Å². The Kier molecular flexibility index (Phi) is 4.89. The Morgan fingerprint density at radius 3 is 2.42 bits per heavy atom. The number of ketones is 2. The zero-order valence-electron chi connectivity index (χ0n) is 11.7. The molecule has 0 spiro atoms. The van der Waals surface area contributed by atoms with E-state index in [0.717, 1.165) is 32.1 Å². The Hall–Kier alpha value is -1.44. The largest absolute Gasteiger partial charge is 0.295 e. The molecular weight excluding hydrogens is 236 g/mol. The van der Waals surface area contributed by atoms with Crippen LogP contribution in [0.3, 0.4) is 0 Å². The minimum absolute atomic E-state index is 0.266. The minimum atomic E-state index is 0.266. The summed E-state index contributed by atoms with van der Waals surface area (Å²) in [5.41, 5.74) is 2.50. The van der Waals surface area contributed by atoms with Crippen molar-refractivity contribution in [3.63, 3.8) is 0 Å². The summed E-state index contributed by atoms with van der Waals surface area (Å²) in [7, 11) is 0. The van der Waals surface area contributed by atoms with Crippen molar-refractivity contribution < 1.29 is 9.59 Å². The molecule has 0 fully saturated rings. The molecule has 0 saturated carbocycles. The van der Waals surface area contributed by atoms with Gasteiger partial charge in [-0.1, -0.05) is 30.2 Å². The van der Waals surface area contributed by atoms with E-state index in [1.54, 1.807) is 0 Å². The third kappa shape index (κ3) is 4.30. The van der Waals surface area contributed by atoms with Crippen LogP contribution >= 0.6 is 0 Å². The van der Waals surface area contributed by atoms with Gasteiger partial charge in [0.05, 0.1) is 0 Å². The summed E-state index contributed by atoms with van der Waals surface area (Å²) in [4.78, 5) is 22.7. The predicted octanol–water partition coefficient (Wildman–Crippen LogP) is 3.93. The van der Waals surface area contributed by atoms with Crippen molar-refractivity contribution in [3.8, 4) is 0 Å². The highest BCUT2D eigenvalue weighted by atomic mass is 16.1. The minimum Gasteiger partial charge on any atom is -0.295 e. The molecule has 0 N–H and O–H groups in total. The van der Waals surface area contributed by atoms with Gasteiger partial charge in [0.25, 0.3) is 0 Å². The van der Waals surface area contributed by atoms with Crippen molar-refractivity contribution in [2.75, 3.05) is 0 Å². The van der Waals surface area contributed by atoms with Gasteiger partial charge < -0.3 is 0 Å². The van der Waals surface area contributed by atoms with Gasteiger partial charge >= 0.3 is 0 Å². The average molecular weight is 258 g/mol. The first-order valence-electron chi connectivity index (χ1n) is 7.27. The van der Waals surface area contributed by atoms with Crippen LogP contribution in [0.25, 0.3) is 0 Å². The van der Waals surface area contributed by atoms with Gasteiger partial charge in [0.1, 0.15) is 0 Å². The molecule has 1 unspecified atom stereocenters. The molecule has 102 valence electrons. The van der Waals surface area contributed by atoms with Gasteiger partial charge in [-0.05, 0) is 50.2 Å². The molecule has 2 aliphatic rings. The van der Waals surface area contributed by atoms with E-state index in [-0.39, 0.29) is 11.6 Å². The lowest BCUT2D eigenvalue weighted by Crippen LogP contribution is -2.07. The van der Waals surface area contributed by atoms with Crippen molar-refractivity contribution in [2.45, 2.75) is 51.9 Å². The fraction of sp³-hybridized carbons (Fsp3) is 0.529. The van der Waals surface area contributed by atoms with Crippen molar-refractivity contribution in [2.24, 2.45) is 5.92 Å². The molecule has 0 saturated heterocycles. The smallest absolute Gasteiger partial charge is 0.155 e. The number of carbonyl (C=O) groups is 2. The molecule has 0 aromatic heterocycles. The molecule has 2 rings (SSSR count). The lowest BCUT2D eigenvalue weighted by atomic mass is 9.89. The molecule has 1 atom stereocenters. The zero-order valence-corrected chi connectivity index (χ0v) is 11.7. The van der Waals surface area contributed by atoms with Crippen LogP contribution < -0.4 is 0 Å². The van der Waals surface area contributed by atoms with Crippen LogP contribution in [0, 0.1) is 5.92 Å². The maximum Gasteiger partial charge on any atom is 0.155 e. The van der Waals surface area contributed by atoms with Crippen molar-refractivity contribution in [1.82, 2.24) is 0 Å². The molecule has 2 aliphatic carbocycles. The predicted molar refractivity (Wildman–Crippen MR) is 76.8 cm³/mol. The van der Waals surface area contributed by atoms with Crippen molar-refractivity contribution >= 4 is 11.6 Å². The fourth-order valence-corrected chi connectivity index (χ4v) is 2.75. The monoisotopic (exact) mass is 258 g/mol. The third-order valence-electron chi connectivity index (χ3n) is 3.91. The number of allylic oxidation sites excluding steroid dienone is 6. The Bertz CT molecular complexity index is 452. The highest BCUT2D eigenvalue weighted by Gasteiger charge is 2.13. The first kappa shape index (κ1) is 14.0. The second-order valence-corrected chi connectivity index (χ2v) is 5.58. The Morgan fingerprint density at radius 1 is 1.05 bits per heavy atom. The van der Waals surface area contributed by atoms with Crippen LogP contribution in [0.2, 0.25) is 0 Å². The van der Waals surface area contributed by atoms with E-state index in [1.807, 2.05) is 12.2 Å². The lowest BCUT2D eigenvalue weighted by molar-refractivity contribution is -0.115. The second-order valence-electron chi connectivity index (χ2n) is 5.58. The molecule has 0 amide bonds. The fourth-order valence-electron chi connectivity index (χ4n) is 2.75. The van der Waals surface area contributed by atoms with Gasteiger partial charge in [0.15, 0.2) is 11.6 Å². The molecule has 0 aromatic rings. The van der Waals surface area contributed by atoms with Crippen LogP contribution in [-0.4, -0.2) is 11.6 Å². The highest BCUT2D eigenvalue weighted by molar-refractivity contribution is 5.91. The molecule has 2 nitrogen and oxygen atoms in total. The standard InChI is InChI=1S/C17H22O2/c1-13(15-8-4-10-17(19)12-15)5-2-6-14-7-3-9-16(18)11-14/h2,5,11-13H,3-4,6-10H2,1H3/b5-2+. The van der Waals surface area contributed by atoms with Gasteiger partial charge in [-0.25, -0.2) is 0 Å². The van der Waals surface area contributed by atoms with E-state index in [1.165, 1.54) is 11.1 Å². The summed E-state index contributed by atoms with van der Waals surface area (Å²) in [5.74, 6) is 0.870. The Balaban J connectivity index is 1.88. The lowest BCUT2D eigenvalue weighted by Gasteiger charge is -2.16. The topological polar surface area (TPSA) is 34.1 Å². The van der Waals surface area contributed by atoms with Crippen LogP contribution in [0.15, 0.2) is 35.5 Å². The Morgan fingerprint density at radius 2 is 1.74 bits per heavy atom. The SMILES string of the molecule is CC(/C=C/CC1=CC(=O)CCC1)C1=CC(=O)CCC1. The molecular formula is C17H22O2. The van der Waals surface area contributed by atoms with Crippen molar-refractivity contribution in [3.05, 3.63) is 35.5 Å². The maximum atomic E-state index is 11.4. The molecule has 2 heteroatoms. The van der Waals surface area contributed by atoms with E-state index in [4.69, 9.17) is 0 Å². The van der Waals surface area contributed by atoms with Gasteiger partial charge in [-0.3, -0.25) is 9.59 Å². The van der Waals surface area contributed by atoms with E-state index >= 15 is 0 Å². The first-order chi connectivity index (χ1) is 9.15. The maximum absolute atomic E-state index is 11.4. The number of hydrogen-bond donors (Lipinski definition) is 0. The summed E-state index contributed by atoms with van der Waals surface area (Å²) in [6.07, 6.45) is 14.3. The first-order valence-corrected chi connectivity index (χ1v) is 7.27. The average Bonchev–Trinajstić information content (AvgIpc) is 2.38. The summed E-state index contributed by atoms with van der Waals surface area (Å²) in [5, 5.41) is 0. The van der Waals surface area contributed by atoms with Gasteiger partial charge in [-0.15, -0.1) is 0 Å². The molecule has 19 heavy (non-hydrogen) atoms. The Labute approximate surface area is 115 Å². The summed E-state index contributed by atoms with van der Waals surface area (Å²) >= 11 is 0. The summed E-state index contributed by atoms with van der Waals surface area (Å²) in [6.45, 7) is 2.14. The molecule has 0 radical (unpaired) electrons.